The number of nitrogens with zero attached hydrogens (tertiary/aromatic N) is 4. The number of likely N-dealkylation sites (tertiary alicyclic amines) is 1. The van der Waals surface area contributed by atoms with Crippen molar-refractivity contribution in [1.29, 1.82) is 5.26 Å². The van der Waals surface area contributed by atoms with Crippen LogP contribution >= 0.6 is 0 Å². The monoisotopic (exact) mass is 428 g/mol. The molecule has 0 radical (unpaired) electrons. The lowest BCUT2D eigenvalue weighted by Gasteiger charge is -2.24. The van der Waals surface area contributed by atoms with Gasteiger partial charge in [0.15, 0.2) is 0 Å². The summed E-state index contributed by atoms with van der Waals surface area (Å²) in [6.45, 7) is 8.57. The molecule has 2 unspecified atom stereocenters. The van der Waals surface area contributed by atoms with E-state index in [9.17, 15) is 5.26 Å². The van der Waals surface area contributed by atoms with E-state index in [0.29, 0.717) is 34.6 Å². The summed E-state index contributed by atoms with van der Waals surface area (Å²) in [6, 6.07) is 14.5. The zero-order chi connectivity index (χ0) is 22.2. The molecule has 2 atom stereocenters. The molecule has 0 amide bonds. The summed E-state index contributed by atoms with van der Waals surface area (Å²) < 4.78 is 11.3. The highest BCUT2D eigenvalue weighted by Crippen LogP contribution is 2.42. The molecule has 5 rings (SSSR count). The number of ether oxygens (including phenoxy) is 1. The molecule has 1 aromatic heterocycles. The molecule has 2 aromatic carbocycles. The Morgan fingerprint density at radius 2 is 2.09 bits per heavy atom. The third-order valence-electron chi connectivity index (χ3n) is 6.51. The third kappa shape index (κ3) is 3.78. The summed E-state index contributed by atoms with van der Waals surface area (Å²) in [7, 11) is 0. The maximum atomic E-state index is 9.52. The van der Waals surface area contributed by atoms with Crippen molar-refractivity contribution in [2.24, 2.45) is 5.92 Å². The van der Waals surface area contributed by atoms with Gasteiger partial charge in [-0.05, 0) is 74.9 Å². The number of hydrogen-bond donors (Lipinski definition) is 0. The van der Waals surface area contributed by atoms with Crippen LogP contribution in [0.1, 0.15) is 56.3 Å². The highest BCUT2D eigenvalue weighted by atomic mass is 16.5. The van der Waals surface area contributed by atoms with E-state index >= 15 is 0 Å². The van der Waals surface area contributed by atoms with E-state index in [0.717, 1.165) is 24.3 Å². The first-order valence-corrected chi connectivity index (χ1v) is 11.4. The molecule has 0 bridgehead atoms. The van der Waals surface area contributed by atoms with Gasteiger partial charge in [0.1, 0.15) is 11.8 Å². The van der Waals surface area contributed by atoms with Gasteiger partial charge < -0.3 is 9.26 Å². The predicted octanol–water partition coefficient (Wildman–Crippen LogP) is 5.39. The Balaban J connectivity index is 1.44. The molecule has 6 heteroatoms. The van der Waals surface area contributed by atoms with Crippen LogP contribution in [0.3, 0.4) is 0 Å². The van der Waals surface area contributed by atoms with Crippen LogP contribution in [0.25, 0.3) is 22.8 Å². The molecule has 1 saturated heterocycles. The lowest BCUT2D eigenvalue weighted by molar-refractivity contribution is 0.238. The van der Waals surface area contributed by atoms with Crippen LogP contribution in [0, 0.1) is 17.2 Å². The molecule has 32 heavy (non-hydrogen) atoms. The van der Waals surface area contributed by atoms with E-state index in [-0.39, 0.29) is 6.10 Å². The van der Waals surface area contributed by atoms with Gasteiger partial charge in [-0.2, -0.15) is 10.2 Å². The number of fused-ring (bicyclic) bond motifs is 1. The van der Waals surface area contributed by atoms with Crippen LogP contribution in [-0.4, -0.2) is 34.2 Å². The van der Waals surface area contributed by atoms with Crippen molar-refractivity contribution in [1.82, 2.24) is 15.0 Å². The zero-order valence-corrected chi connectivity index (χ0v) is 18.8. The first-order chi connectivity index (χ1) is 15.5. The largest absolute Gasteiger partial charge is 0.490 e. The van der Waals surface area contributed by atoms with Crippen LogP contribution in [0.2, 0.25) is 0 Å². The van der Waals surface area contributed by atoms with Crippen LogP contribution in [-0.2, 0) is 6.42 Å². The van der Waals surface area contributed by atoms with Crippen molar-refractivity contribution >= 4 is 0 Å². The molecule has 164 valence electrons. The first kappa shape index (κ1) is 20.7. The number of benzene rings is 2. The predicted molar refractivity (Wildman–Crippen MR) is 122 cm³/mol. The van der Waals surface area contributed by atoms with Crippen LogP contribution in [0.5, 0.6) is 5.75 Å². The van der Waals surface area contributed by atoms with E-state index < -0.39 is 0 Å². The summed E-state index contributed by atoms with van der Waals surface area (Å²) in [5.74, 6) is 2.35. The minimum absolute atomic E-state index is 0.00395. The van der Waals surface area contributed by atoms with E-state index in [1.807, 2.05) is 19.9 Å². The minimum atomic E-state index is -0.00395. The van der Waals surface area contributed by atoms with Crippen molar-refractivity contribution in [2.45, 2.75) is 52.2 Å². The number of nitriles is 1. The molecule has 0 N–H and O–H groups in total. The Hall–Kier alpha value is -3.17. The van der Waals surface area contributed by atoms with Gasteiger partial charge in [0, 0.05) is 23.7 Å². The van der Waals surface area contributed by atoms with Gasteiger partial charge in [0.05, 0.1) is 11.7 Å². The Morgan fingerprint density at radius 3 is 2.84 bits per heavy atom. The molecule has 1 aliphatic heterocycles. The average molecular weight is 429 g/mol. The molecule has 3 aromatic rings. The standard InChI is InChI=1S/C26H28N4O2/c1-16(2)31-24-10-7-18(13-19(24)14-27)26-28-25(29-32-26)22-6-4-5-21-20(22)8-9-23(21)30-12-11-17(3)15-30/h4-7,10,13,16-17,23H,8-9,11-12,15H2,1-3H3. The van der Waals surface area contributed by atoms with Gasteiger partial charge in [-0.25, -0.2) is 0 Å². The topological polar surface area (TPSA) is 75.2 Å². The Kier molecular flexibility index (Phi) is 5.44. The summed E-state index contributed by atoms with van der Waals surface area (Å²) in [5.41, 5.74) is 4.97. The molecule has 1 fully saturated rings. The highest BCUT2D eigenvalue weighted by Gasteiger charge is 2.33. The quantitative estimate of drug-likeness (QED) is 0.542. The Labute approximate surface area is 188 Å². The first-order valence-electron chi connectivity index (χ1n) is 11.4. The average Bonchev–Trinajstić information content (AvgIpc) is 3.52. The Bertz CT molecular complexity index is 1180. The fraction of sp³-hybridized carbons (Fsp3) is 0.423. The van der Waals surface area contributed by atoms with Gasteiger partial charge in [-0.3, -0.25) is 4.90 Å². The van der Waals surface area contributed by atoms with E-state index in [1.165, 1.54) is 30.6 Å². The maximum Gasteiger partial charge on any atom is 0.258 e. The van der Waals surface area contributed by atoms with Crippen LogP contribution in [0.15, 0.2) is 40.9 Å². The summed E-state index contributed by atoms with van der Waals surface area (Å²) >= 11 is 0. The van der Waals surface area contributed by atoms with Crippen molar-refractivity contribution in [2.75, 3.05) is 13.1 Å². The molecule has 0 saturated carbocycles. The summed E-state index contributed by atoms with van der Waals surface area (Å²) in [5, 5.41) is 13.8. The van der Waals surface area contributed by atoms with Crippen molar-refractivity contribution in [3.8, 4) is 34.7 Å². The van der Waals surface area contributed by atoms with Gasteiger partial charge in [-0.15, -0.1) is 0 Å². The lowest BCUT2D eigenvalue weighted by atomic mass is 10.0. The lowest BCUT2D eigenvalue weighted by Crippen LogP contribution is -2.24. The summed E-state index contributed by atoms with van der Waals surface area (Å²) in [6.07, 6.45) is 3.46. The maximum absolute atomic E-state index is 9.52. The molecule has 2 aliphatic rings. The highest BCUT2D eigenvalue weighted by molar-refractivity contribution is 5.67. The SMILES string of the molecule is CC1CCN(C2CCc3c(-c4noc(-c5ccc(OC(C)C)c(C#N)c5)n4)cccc32)C1. The van der Waals surface area contributed by atoms with Crippen molar-refractivity contribution < 1.29 is 9.26 Å². The molecule has 0 spiro atoms. The van der Waals surface area contributed by atoms with Gasteiger partial charge >= 0.3 is 0 Å². The second kappa shape index (κ2) is 8.40. The molecule has 1 aliphatic carbocycles. The van der Waals surface area contributed by atoms with Gasteiger partial charge in [0.25, 0.3) is 5.89 Å². The fourth-order valence-corrected chi connectivity index (χ4v) is 5.03. The number of aromatic nitrogens is 2. The van der Waals surface area contributed by atoms with Crippen molar-refractivity contribution in [3.05, 3.63) is 53.1 Å². The third-order valence-corrected chi connectivity index (χ3v) is 6.51. The summed E-state index contributed by atoms with van der Waals surface area (Å²) in [4.78, 5) is 7.32. The normalized spacial score (nSPS) is 20.5. The second-order valence-electron chi connectivity index (χ2n) is 9.23. The van der Waals surface area contributed by atoms with Gasteiger partial charge in [0.2, 0.25) is 5.82 Å². The molecular formula is C26H28N4O2. The van der Waals surface area contributed by atoms with E-state index in [2.05, 4.69) is 46.2 Å². The minimum Gasteiger partial charge on any atom is -0.490 e. The van der Waals surface area contributed by atoms with E-state index in [1.54, 1.807) is 12.1 Å². The molecular weight excluding hydrogens is 400 g/mol. The molecule has 6 nitrogen and oxygen atoms in total. The smallest absolute Gasteiger partial charge is 0.258 e. The number of rotatable bonds is 5. The number of hydrogen-bond acceptors (Lipinski definition) is 6. The van der Waals surface area contributed by atoms with Crippen LogP contribution in [0.4, 0.5) is 0 Å². The van der Waals surface area contributed by atoms with Gasteiger partial charge in [-0.1, -0.05) is 30.3 Å². The molecule has 2 heterocycles. The van der Waals surface area contributed by atoms with Crippen molar-refractivity contribution in [3.63, 3.8) is 0 Å². The van der Waals surface area contributed by atoms with Crippen LogP contribution < -0.4 is 4.74 Å². The van der Waals surface area contributed by atoms with E-state index in [4.69, 9.17) is 9.26 Å². The Morgan fingerprint density at radius 1 is 1.22 bits per heavy atom. The fourth-order valence-electron chi connectivity index (χ4n) is 5.03. The second-order valence-corrected chi connectivity index (χ2v) is 9.23. The zero-order valence-electron chi connectivity index (χ0n) is 18.8.